The molecule has 108 valence electrons. The number of β-amino-alcohol motifs (C(OH)–C–C–N with tert-alkyl or cyclic N) is 1. The fourth-order valence-corrected chi connectivity index (χ4v) is 1.84. The maximum absolute atomic E-state index is 11.8. The molecule has 1 aliphatic rings. The number of hydrogen-bond donors (Lipinski definition) is 3. The van der Waals surface area contributed by atoms with Crippen molar-refractivity contribution in [2.24, 2.45) is 0 Å². The molecule has 3 amide bonds. The highest BCUT2D eigenvalue weighted by Gasteiger charge is 2.38. The van der Waals surface area contributed by atoms with E-state index >= 15 is 0 Å². The third kappa shape index (κ3) is 3.82. The average Bonchev–Trinajstić information content (AvgIpc) is 2.76. The van der Waals surface area contributed by atoms with Crippen LogP contribution in [0.15, 0.2) is 0 Å². The molecule has 19 heavy (non-hydrogen) atoms. The van der Waals surface area contributed by atoms with Gasteiger partial charge in [0.25, 0.3) is 0 Å². The lowest BCUT2D eigenvalue weighted by Gasteiger charge is -2.22. The Morgan fingerprint density at radius 1 is 1.42 bits per heavy atom. The first-order valence-corrected chi connectivity index (χ1v) is 6.06. The van der Waals surface area contributed by atoms with Gasteiger partial charge in [-0.3, -0.25) is 4.79 Å². The number of carboxylic acids is 1. The molecule has 2 atom stereocenters. The van der Waals surface area contributed by atoms with Gasteiger partial charge in [-0.2, -0.15) is 0 Å². The van der Waals surface area contributed by atoms with E-state index in [0.29, 0.717) is 6.54 Å². The molecule has 0 bridgehead atoms. The molecule has 1 saturated heterocycles. The molecule has 1 heterocycles. The number of aliphatic carboxylic acids is 1. The number of rotatable bonds is 4. The highest BCUT2D eigenvalue weighted by molar-refractivity contribution is 5.87. The van der Waals surface area contributed by atoms with E-state index in [1.165, 1.54) is 4.90 Å². The Morgan fingerprint density at radius 3 is 2.58 bits per heavy atom. The summed E-state index contributed by atoms with van der Waals surface area (Å²) in [4.78, 5) is 36.7. The second-order valence-electron chi connectivity index (χ2n) is 4.46. The van der Waals surface area contributed by atoms with Crippen LogP contribution >= 0.6 is 0 Å². The normalized spacial score (nSPS) is 22.2. The second-order valence-corrected chi connectivity index (χ2v) is 4.46. The first kappa shape index (κ1) is 15.2. The number of carbonyl (C=O) groups is 3. The summed E-state index contributed by atoms with van der Waals surface area (Å²) < 4.78 is 0. The summed E-state index contributed by atoms with van der Waals surface area (Å²) in [5.41, 5.74) is 0. The van der Waals surface area contributed by atoms with Crippen LogP contribution in [0.2, 0.25) is 0 Å². The minimum Gasteiger partial charge on any atom is -0.480 e. The Hall–Kier alpha value is -1.83. The van der Waals surface area contributed by atoms with E-state index in [0.717, 1.165) is 4.90 Å². The van der Waals surface area contributed by atoms with Crippen LogP contribution in [-0.2, 0) is 9.59 Å². The van der Waals surface area contributed by atoms with E-state index in [1.807, 2.05) is 0 Å². The fourth-order valence-electron chi connectivity index (χ4n) is 1.84. The summed E-state index contributed by atoms with van der Waals surface area (Å²) in [6, 6.07) is -1.70. The summed E-state index contributed by atoms with van der Waals surface area (Å²) in [6.45, 7) is 2.09. The highest BCUT2D eigenvalue weighted by Crippen LogP contribution is 2.17. The topological polar surface area (TPSA) is 110 Å². The van der Waals surface area contributed by atoms with Crippen molar-refractivity contribution in [3.8, 4) is 0 Å². The number of amides is 3. The monoisotopic (exact) mass is 273 g/mol. The van der Waals surface area contributed by atoms with Crippen LogP contribution in [0.4, 0.5) is 4.79 Å². The maximum atomic E-state index is 11.8. The number of aliphatic hydroxyl groups is 1. The van der Waals surface area contributed by atoms with Crippen molar-refractivity contribution in [3.05, 3.63) is 0 Å². The van der Waals surface area contributed by atoms with Crippen LogP contribution in [0.25, 0.3) is 0 Å². The predicted molar refractivity (Wildman–Crippen MR) is 65.5 cm³/mol. The molecule has 0 radical (unpaired) electrons. The smallest absolute Gasteiger partial charge is 0.326 e. The quantitative estimate of drug-likeness (QED) is 0.589. The first-order valence-electron chi connectivity index (χ1n) is 6.06. The Bertz CT molecular complexity index is 373. The number of likely N-dealkylation sites (tertiary alicyclic amines) is 1. The summed E-state index contributed by atoms with van der Waals surface area (Å²) in [6.07, 6.45) is -0.841. The largest absolute Gasteiger partial charge is 0.480 e. The zero-order valence-corrected chi connectivity index (χ0v) is 11.0. The summed E-state index contributed by atoms with van der Waals surface area (Å²) >= 11 is 0. The van der Waals surface area contributed by atoms with Gasteiger partial charge in [0, 0.05) is 26.6 Å². The predicted octanol–water partition coefficient (Wildman–Crippen LogP) is -1.31. The molecule has 0 unspecified atom stereocenters. The van der Waals surface area contributed by atoms with Gasteiger partial charge in [-0.05, 0) is 6.92 Å². The van der Waals surface area contributed by atoms with Gasteiger partial charge >= 0.3 is 12.0 Å². The van der Waals surface area contributed by atoms with Gasteiger partial charge in [0.1, 0.15) is 6.04 Å². The van der Waals surface area contributed by atoms with Crippen molar-refractivity contribution >= 4 is 17.9 Å². The van der Waals surface area contributed by atoms with Gasteiger partial charge in [0.05, 0.1) is 12.6 Å². The number of nitrogens with one attached hydrogen (secondary N) is 1. The van der Waals surface area contributed by atoms with Crippen molar-refractivity contribution < 1.29 is 24.6 Å². The zero-order chi connectivity index (χ0) is 14.6. The molecule has 0 aromatic rings. The van der Waals surface area contributed by atoms with Crippen LogP contribution in [-0.4, -0.2) is 76.7 Å². The number of hydrogen-bond acceptors (Lipinski definition) is 4. The van der Waals surface area contributed by atoms with Gasteiger partial charge in [-0.1, -0.05) is 0 Å². The van der Waals surface area contributed by atoms with Gasteiger partial charge in [-0.15, -0.1) is 0 Å². The third-order valence-electron chi connectivity index (χ3n) is 3.12. The zero-order valence-electron chi connectivity index (χ0n) is 11.0. The molecule has 1 fully saturated rings. The standard InChI is InChI=1S/C11H19N3O5/c1-3-13(2)9(16)5-12-11(19)14-6-7(15)4-8(14)10(17)18/h7-8,15H,3-6H2,1-2H3,(H,12,19)(H,17,18)/t7-,8-/m1/s1. The van der Waals surface area contributed by atoms with Crippen LogP contribution in [0.1, 0.15) is 13.3 Å². The maximum Gasteiger partial charge on any atom is 0.326 e. The van der Waals surface area contributed by atoms with Crippen LogP contribution in [0.5, 0.6) is 0 Å². The highest BCUT2D eigenvalue weighted by atomic mass is 16.4. The van der Waals surface area contributed by atoms with Gasteiger partial charge < -0.3 is 25.3 Å². The van der Waals surface area contributed by atoms with E-state index in [-0.39, 0.29) is 25.4 Å². The van der Waals surface area contributed by atoms with Gasteiger partial charge in [-0.25, -0.2) is 9.59 Å². The first-order chi connectivity index (χ1) is 8.86. The van der Waals surface area contributed by atoms with Crippen molar-refractivity contribution in [2.45, 2.75) is 25.5 Å². The number of nitrogens with zero attached hydrogens (tertiary/aromatic N) is 2. The number of likely N-dealkylation sites (N-methyl/N-ethyl adjacent to an activating group) is 1. The number of urea groups is 1. The Kier molecular flexibility index (Phi) is 5.11. The molecule has 0 aromatic carbocycles. The average molecular weight is 273 g/mol. The lowest BCUT2D eigenvalue weighted by molar-refractivity contribution is -0.141. The molecule has 0 saturated carbocycles. The molecule has 8 nitrogen and oxygen atoms in total. The molecule has 8 heteroatoms. The Labute approximate surface area is 111 Å². The lowest BCUT2D eigenvalue weighted by Crippen LogP contribution is -2.48. The molecule has 1 aliphatic heterocycles. The van der Waals surface area contributed by atoms with E-state index in [2.05, 4.69) is 5.32 Å². The molecular formula is C11H19N3O5. The summed E-state index contributed by atoms with van der Waals surface area (Å²) in [7, 11) is 1.61. The van der Waals surface area contributed by atoms with E-state index < -0.39 is 24.1 Å². The Balaban J connectivity index is 2.53. The van der Waals surface area contributed by atoms with Crippen molar-refractivity contribution in [2.75, 3.05) is 26.7 Å². The fraction of sp³-hybridized carbons (Fsp3) is 0.727. The summed E-state index contributed by atoms with van der Waals surface area (Å²) in [5, 5.41) is 20.7. The molecule has 3 N–H and O–H groups in total. The minimum atomic E-state index is -1.16. The van der Waals surface area contributed by atoms with Crippen LogP contribution < -0.4 is 5.32 Å². The SMILES string of the molecule is CCN(C)C(=O)CNC(=O)N1C[C@H](O)C[C@@H]1C(=O)O. The minimum absolute atomic E-state index is 0.00552. The van der Waals surface area contributed by atoms with Crippen LogP contribution in [0.3, 0.4) is 0 Å². The summed E-state index contributed by atoms with van der Waals surface area (Å²) in [5.74, 6) is -1.42. The molecule has 0 aliphatic carbocycles. The van der Waals surface area contributed by atoms with Crippen LogP contribution in [0, 0.1) is 0 Å². The van der Waals surface area contributed by atoms with Crippen molar-refractivity contribution in [1.29, 1.82) is 0 Å². The van der Waals surface area contributed by atoms with E-state index in [4.69, 9.17) is 5.11 Å². The number of carbonyl (C=O) groups excluding carboxylic acids is 2. The second kappa shape index (κ2) is 6.37. The van der Waals surface area contributed by atoms with E-state index in [9.17, 15) is 19.5 Å². The number of aliphatic hydroxyl groups excluding tert-OH is 1. The molecule has 0 spiro atoms. The lowest BCUT2D eigenvalue weighted by atomic mass is 10.2. The van der Waals surface area contributed by atoms with Crippen molar-refractivity contribution in [1.82, 2.24) is 15.1 Å². The van der Waals surface area contributed by atoms with Gasteiger partial charge in [0.15, 0.2) is 0 Å². The van der Waals surface area contributed by atoms with Crippen molar-refractivity contribution in [3.63, 3.8) is 0 Å². The van der Waals surface area contributed by atoms with Gasteiger partial charge in [0.2, 0.25) is 5.91 Å². The molecule has 1 rings (SSSR count). The molecule has 0 aromatic heterocycles. The Morgan fingerprint density at radius 2 is 2.05 bits per heavy atom. The van der Waals surface area contributed by atoms with E-state index in [1.54, 1.807) is 14.0 Å². The number of carboxylic acid groups (broad SMARTS) is 1. The molecular weight excluding hydrogens is 254 g/mol. The third-order valence-corrected chi connectivity index (χ3v) is 3.12.